The topological polar surface area (TPSA) is 249 Å². The number of thiazole rings is 1. The summed E-state index contributed by atoms with van der Waals surface area (Å²) in [5.41, 5.74) is 3.61. The molecule has 2 aliphatic rings. The van der Waals surface area contributed by atoms with Gasteiger partial charge < -0.3 is 34.4 Å². The molecule has 1 unspecified atom stereocenters. The molecule has 0 saturated carbocycles. The number of aromatic amines is 1. The zero-order valence-electron chi connectivity index (χ0n) is 32.9. The number of pyridine rings is 2. The Morgan fingerprint density at radius 1 is 0.883 bits per heavy atom. The fraction of sp³-hybridized carbons (Fsp3) is 0.375. The number of oxazole rings is 1. The van der Waals surface area contributed by atoms with Crippen molar-refractivity contribution in [3.63, 3.8) is 0 Å². The number of sulfone groups is 1. The minimum absolute atomic E-state index is 0.105. The van der Waals surface area contributed by atoms with E-state index < -0.39 is 9.84 Å². The maximum Gasteiger partial charge on any atom is 0.236 e. The van der Waals surface area contributed by atoms with Gasteiger partial charge in [0.2, 0.25) is 17.7 Å². The molecule has 20 heteroatoms. The predicted octanol–water partition coefficient (Wildman–Crippen LogP) is 5.03. The highest BCUT2D eigenvalue weighted by Crippen LogP contribution is 2.41. The van der Waals surface area contributed by atoms with Gasteiger partial charge in [-0.3, -0.25) is 14.4 Å². The van der Waals surface area contributed by atoms with Crippen LogP contribution in [0.5, 0.6) is 0 Å². The number of carbonyl (C=O) groups excluding carboxylic acids is 3. The van der Waals surface area contributed by atoms with Gasteiger partial charge in [-0.05, 0) is 30.9 Å². The molecule has 0 bridgehead atoms. The van der Waals surface area contributed by atoms with E-state index in [-0.39, 0.29) is 76.9 Å². The molecular formula is C40H40N12O6S2. The monoisotopic (exact) mass is 848 g/mol. The summed E-state index contributed by atoms with van der Waals surface area (Å²) in [5.74, 6) is -0.395. The molecule has 0 aromatic carbocycles. The number of nitrogens with zero attached hydrogens (tertiary/aromatic N) is 9. The summed E-state index contributed by atoms with van der Waals surface area (Å²) >= 11 is 1.04. The van der Waals surface area contributed by atoms with Crippen molar-refractivity contribution in [2.24, 2.45) is 5.92 Å². The lowest BCUT2D eigenvalue weighted by molar-refractivity contribution is -0.132. The van der Waals surface area contributed by atoms with Gasteiger partial charge in [0.25, 0.3) is 0 Å². The second-order valence-electron chi connectivity index (χ2n) is 15.3. The molecule has 2 aliphatic heterocycles. The molecule has 0 radical (unpaired) electrons. The van der Waals surface area contributed by atoms with Crippen LogP contribution in [-0.2, 0) is 19.4 Å². The minimum atomic E-state index is -3.53. The van der Waals surface area contributed by atoms with Crippen molar-refractivity contribution in [2.45, 2.75) is 61.9 Å². The number of hydrogen-bond acceptors (Lipinski definition) is 15. The van der Waals surface area contributed by atoms with Gasteiger partial charge in [0, 0.05) is 87.0 Å². The molecule has 0 spiro atoms. The van der Waals surface area contributed by atoms with Crippen LogP contribution in [0.25, 0.3) is 44.1 Å². The Morgan fingerprint density at radius 2 is 1.57 bits per heavy atom. The molecule has 0 aliphatic carbocycles. The van der Waals surface area contributed by atoms with Crippen LogP contribution in [0, 0.1) is 28.6 Å². The minimum Gasteiger partial charge on any atom is -0.433 e. The smallest absolute Gasteiger partial charge is 0.236 e. The van der Waals surface area contributed by atoms with E-state index in [9.17, 15) is 33.3 Å². The number of carbonyl (C=O) groups is 3. The van der Waals surface area contributed by atoms with Crippen molar-refractivity contribution in [1.29, 1.82) is 10.5 Å². The van der Waals surface area contributed by atoms with E-state index in [1.807, 2.05) is 35.0 Å². The highest BCUT2D eigenvalue weighted by atomic mass is 32.2. The number of aromatic nitrogens is 6. The second kappa shape index (κ2) is 16.2. The molecule has 2 fully saturated rings. The summed E-state index contributed by atoms with van der Waals surface area (Å²) in [6, 6.07) is 6.83. The summed E-state index contributed by atoms with van der Waals surface area (Å²) in [4.78, 5) is 63.2. The van der Waals surface area contributed by atoms with Crippen molar-refractivity contribution in [2.75, 3.05) is 43.1 Å². The molecule has 6 aromatic rings. The molecule has 8 heterocycles. The molecule has 6 aromatic heterocycles. The Bertz CT molecular complexity index is 2850. The van der Waals surface area contributed by atoms with Crippen LogP contribution in [-0.4, -0.2) is 110 Å². The third-order valence-electron chi connectivity index (χ3n) is 10.8. The van der Waals surface area contributed by atoms with E-state index >= 15 is 0 Å². The van der Waals surface area contributed by atoms with E-state index in [1.54, 1.807) is 28.4 Å². The highest BCUT2D eigenvalue weighted by molar-refractivity contribution is 7.92. The number of H-pyrrole nitrogens is 1. The number of Topliss-reactive ketones (excluding diaryl/α,β-unsaturated/α-hetero) is 1. The van der Waals surface area contributed by atoms with Crippen LogP contribution in [0.15, 0.2) is 57.9 Å². The van der Waals surface area contributed by atoms with Crippen molar-refractivity contribution < 1.29 is 27.2 Å². The number of fused-ring (bicyclic) bond motifs is 2. The number of nitrogens with one attached hydrogen (secondary N) is 3. The van der Waals surface area contributed by atoms with Crippen LogP contribution in [0.3, 0.4) is 0 Å². The van der Waals surface area contributed by atoms with Crippen molar-refractivity contribution in [3.8, 4) is 34.2 Å². The maximum absolute atomic E-state index is 13.5. The third kappa shape index (κ3) is 7.91. The molecule has 8 rings (SSSR count). The van der Waals surface area contributed by atoms with Gasteiger partial charge in [-0.2, -0.15) is 10.5 Å². The van der Waals surface area contributed by atoms with Crippen LogP contribution < -0.4 is 10.6 Å². The number of rotatable bonds is 11. The third-order valence-corrected chi connectivity index (χ3v) is 13.7. The largest absolute Gasteiger partial charge is 0.433 e. The van der Waals surface area contributed by atoms with Crippen molar-refractivity contribution in [3.05, 3.63) is 55.1 Å². The van der Waals surface area contributed by atoms with E-state index in [0.29, 0.717) is 64.9 Å². The number of piperidine rings is 2. The van der Waals surface area contributed by atoms with E-state index in [0.717, 1.165) is 34.8 Å². The van der Waals surface area contributed by atoms with Gasteiger partial charge in [0.05, 0.1) is 53.1 Å². The van der Waals surface area contributed by atoms with E-state index in [2.05, 4.69) is 37.5 Å². The quantitative estimate of drug-likeness (QED) is 0.145. The van der Waals surface area contributed by atoms with Gasteiger partial charge >= 0.3 is 0 Å². The summed E-state index contributed by atoms with van der Waals surface area (Å²) in [6.07, 6.45) is 11.5. The first-order chi connectivity index (χ1) is 28.8. The van der Waals surface area contributed by atoms with Crippen molar-refractivity contribution >= 4 is 72.2 Å². The standard InChI is InChI=1S/C40H40N12O6S2/c1-22-12-24(19-50(18-22)32(54)4-8-41)48-36-28-7-11-52(38(28)45-15-30(36)40-47-17-34(59-40)60(3,56)57)26-13-25(20-51(21-26)33(55)5-9-42)49-35-27-6-10-43-37(27)44-14-29(35)39-46-16-31(58-39)23(2)53/h6-7,10-11,14-17,22,24-26H,4-5,12-13,18-21H2,1-3H3,(H,45,48)(H2,43,44,49)/t22-,24+,25+,26?/m0/s1. The molecular weight excluding hydrogens is 809 g/mol. The van der Waals surface area contributed by atoms with E-state index in [4.69, 9.17) is 9.40 Å². The average molecular weight is 849 g/mol. The number of anilines is 2. The lowest BCUT2D eigenvalue weighted by Crippen LogP contribution is -2.49. The van der Waals surface area contributed by atoms with Gasteiger partial charge in [-0.15, -0.1) is 11.3 Å². The molecule has 308 valence electrons. The van der Waals surface area contributed by atoms with Gasteiger partial charge in [0.15, 0.2) is 21.4 Å². The number of likely N-dealkylation sites (tertiary alicyclic amines) is 2. The Balaban J connectivity index is 1.18. The fourth-order valence-electron chi connectivity index (χ4n) is 8.17. The van der Waals surface area contributed by atoms with Crippen LogP contribution >= 0.6 is 11.3 Å². The summed E-state index contributed by atoms with van der Waals surface area (Å²) in [5, 5.41) is 28.0. The summed E-state index contributed by atoms with van der Waals surface area (Å²) < 4.78 is 32.9. The SMILES string of the molecule is CC(=O)c1cnc(-c2cnc3[nH]ccc3c2N[C@@H]2CC(n3ccc4c(N[C@@H]5C[C@H](C)CN(C(=O)CC#N)C5)c(-c5ncc(S(C)(=O)=O)s5)cnc43)CN(C(=O)CC#N)C2)o1. The lowest BCUT2D eigenvalue weighted by atomic mass is 9.95. The van der Waals surface area contributed by atoms with Crippen LogP contribution in [0.1, 0.15) is 56.1 Å². The normalized spacial score (nSPS) is 19.6. The Morgan fingerprint density at radius 3 is 2.23 bits per heavy atom. The molecule has 3 N–H and O–H groups in total. The molecule has 60 heavy (non-hydrogen) atoms. The maximum atomic E-state index is 13.5. The number of ketones is 1. The van der Waals surface area contributed by atoms with Crippen molar-refractivity contribution in [1.82, 2.24) is 39.3 Å². The Kier molecular flexibility index (Phi) is 10.8. The van der Waals surface area contributed by atoms with Crippen LogP contribution in [0.2, 0.25) is 0 Å². The second-order valence-corrected chi connectivity index (χ2v) is 18.6. The highest BCUT2D eigenvalue weighted by Gasteiger charge is 2.34. The first kappa shape index (κ1) is 40.2. The molecule has 18 nitrogen and oxygen atoms in total. The predicted molar refractivity (Wildman–Crippen MR) is 221 cm³/mol. The summed E-state index contributed by atoms with van der Waals surface area (Å²) in [7, 11) is -3.53. The average Bonchev–Trinajstić information content (AvgIpc) is 4.05. The lowest BCUT2D eigenvalue weighted by Gasteiger charge is -2.39. The van der Waals surface area contributed by atoms with Gasteiger partial charge in [-0.1, -0.05) is 6.92 Å². The number of nitriles is 2. The van der Waals surface area contributed by atoms with Gasteiger partial charge in [0.1, 0.15) is 33.4 Å². The van der Waals surface area contributed by atoms with E-state index in [1.165, 1.54) is 19.3 Å². The number of amides is 2. The zero-order chi connectivity index (χ0) is 42.3. The van der Waals surface area contributed by atoms with Crippen LogP contribution in [0.4, 0.5) is 11.4 Å². The fourth-order valence-corrected chi connectivity index (χ4v) is 9.92. The molecule has 2 amide bonds. The number of hydrogen-bond donors (Lipinski definition) is 3. The molecule has 2 saturated heterocycles. The summed E-state index contributed by atoms with van der Waals surface area (Å²) in [6.45, 7) is 4.92. The molecule has 4 atom stereocenters. The van der Waals surface area contributed by atoms with Gasteiger partial charge in [-0.25, -0.2) is 28.4 Å². The first-order valence-electron chi connectivity index (χ1n) is 19.2. The Hall–Kier alpha value is -6.64. The Labute approximate surface area is 348 Å². The first-order valence-corrected chi connectivity index (χ1v) is 21.9. The zero-order valence-corrected chi connectivity index (χ0v) is 34.5.